The number of rotatable bonds is 5. The second-order valence-electron chi connectivity index (χ2n) is 7.31. The normalized spacial score (nSPS) is 10.5. The van der Waals surface area contributed by atoms with Crippen molar-refractivity contribution in [2.24, 2.45) is 0 Å². The van der Waals surface area contributed by atoms with Gasteiger partial charge in [-0.3, -0.25) is 0 Å². The Morgan fingerprint density at radius 3 is 2.45 bits per heavy atom. The van der Waals surface area contributed by atoms with Crippen LogP contribution < -0.4 is 10.6 Å². The zero-order valence-electron chi connectivity index (χ0n) is 17.7. The van der Waals surface area contributed by atoms with Crippen molar-refractivity contribution in [2.75, 3.05) is 10.6 Å². The molecule has 0 unspecified atom stereocenters. The molecule has 3 heterocycles. The minimum absolute atomic E-state index is 0.602. The Morgan fingerprint density at radius 2 is 1.67 bits per heavy atom. The molecular formula is C25H18N8. The van der Waals surface area contributed by atoms with E-state index < -0.39 is 0 Å². The fourth-order valence-electron chi connectivity index (χ4n) is 3.53. The molecule has 0 spiro atoms. The number of nitrogens with zero attached hydrogens (tertiary/aromatic N) is 6. The minimum Gasteiger partial charge on any atom is -0.340 e. The van der Waals surface area contributed by atoms with Crippen molar-refractivity contribution < 1.29 is 0 Å². The smallest absolute Gasteiger partial charge is 0.141 e. The van der Waals surface area contributed by atoms with Gasteiger partial charge < -0.3 is 10.6 Å². The number of aryl methyl sites for hydroxylation is 1. The second-order valence-corrected chi connectivity index (χ2v) is 7.31. The first kappa shape index (κ1) is 20.0. The molecule has 0 radical (unpaired) electrons. The zero-order chi connectivity index (χ0) is 22.6. The molecular weight excluding hydrogens is 412 g/mol. The summed E-state index contributed by atoms with van der Waals surface area (Å²) in [7, 11) is 0. The maximum Gasteiger partial charge on any atom is 0.141 e. The largest absolute Gasteiger partial charge is 0.340 e. The molecule has 0 bridgehead atoms. The number of aromatic nitrogens is 5. The van der Waals surface area contributed by atoms with E-state index in [0.717, 1.165) is 39.1 Å². The number of anilines is 4. The van der Waals surface area contributed by atoms with Gasteiger partial charge in [0.2, 0.25) is 0 Å². The first-order chi connectivity index (χ1) is 16.2. The van der Waals surface area contributed by atoms with Gasteiger partial charge in [0.25, 0.3) is 0 Å². The van der Waals surface area contributed by atoms with Gasteiger partial charge in [0.05, 0.1) is 28.5 Å². The molecule has 5 rings (SSSR count). The quantitative estimate of drug-likeness (QED) is 0.394. The SMILES string of the molecule is Cc1ccc2c(Nc3ccc(C#N)cc3)ncnc2c1Nc1ncccc1-c1ccncn1. The maximum atomic E-state index is 9.02. The van der Waals surface area contributed by atoms with E-state index in [1.165, 1.54) is 12.7 Å². The number of nitriles is 1. The van der Waals surface area contributed by atoms with E-state index in [0.29, 0.717) is 17.2 Å². The molecule has 0 fully saturated rings. The van der Waals surface area contributed by atoms with Crippen molar-refractivity contribution in [2.45, 2.75) is 6.92 Å². The minimum atomic E-state index is 0.602. The van der Waals surface area contributed by atoms with Crippen LogP contribution in [0.3, 0.4) is 0 Å². The molecule has 0 aliphatic carbocycles. The lowest BCUT2D eigenvalue weighted by Crippen LogP contribution is -2.02. The first-order valence-electron chi connectivity index (χ1n) is 10.2. The van der Waals surface area contributed by atoms with E-state index in [2.05, 4.69) is 41.6 Å². The van der Waals surface area contributed by atoms with Gasteiger partial charge in [0, 0.05) is 29.0 Å². The van der Waals surface area contributed by atoms with Crippen LogP contribution in [0.1, 0.15) is 11.1 Å². The summed E-state index contributed by atoms with van der Waals surface area (Å²) in [5.41, 5.74) is 5.69. The molecule has 2 N–H and O–H groups in total. The average Bonchev–Trinajstić information content (AvgIpc) is 2.87. The van der Waals surface area contributed by atoms with Crippen LogP contribution in [0.2, 0.25) is 0 Å². The van der Waals surface area contributed by atoms with Crippen molar-refractivity contribution in [1.82, 2.24) is 24.9 Å². The number of hydrogen-bond acceptors (Lipinski definition) is 8. The molecule has 5 aromatic rings. The summed E-state index contributed by atoms with van der Waals surface area (Å²) in [4.78, 5) is 21.9. The summed E-state index contributed by atoms with van der Waals surface area (Å²) < 4.78 is 0. The number of fused-ring (bicyclic) bond motifs is 1. The molecule has 158 valence electrons. The van der Waals surface area contributed by atoms with Crippen molar-refractivity contribution in [3.63, 3.8) is 0 Å². The highest BCUT2D eigenvalue weighted by Crippen LogP contribution is 2.34. The molecule has 0 saturated carbocycles. The van der Waals surface area contributed by atoms with Crippen LogP contribution in [0.4, 0.5) is 23.0 Å². The van der Waals surface area contributed by atoms with Gasteiger partial charge in [-0.2, -0.15) is 5.26 Å². The topological polar surface area (TPSA) is 112 Å². The number of hydrogen-bond donors (Lipinski definition) is 2. The molecule has 0 atom stereocenters. The van der Waals surface area contributed by atoms with Gasteiger partial charge in [-0.05, 0) is 61.0 Å². The van der Waals surface area contributed by atoms with Gasteiger partial charge in [-0.25, -0.2) is 24.9 Å². The Labute approximate surface area is 190 Å². The average molecular weight is 430 g/mol. The van der Waals surface area contributed by atoms with Gasteiger partial charge in [0.15, 0.2) is 0 Å². The zero-order valence-corrected chi connectivity index (χ0v) is 17.7. The van der Waals surface area contributed by atoms with Crippen LogP contribution >= 0.6 is 0 Å². The Kier molecular flexibility index (Phi) is 5.27. The molecule has 0 amide bonds. The Morgan fingerprint density at radius 1 is 0.788 bits per heavy atom. The van der Waals surface area contributed by atoms with E-state index in [-0.39, 0.29) is 0 Å². The molecule has 0 aliphatic heterocycles. The van der Waals surface area contributed by atoms with Gasteiger partial charge in [0.1, 0.15) is 24.3 Å². The lowest BCUT2D eigenvalue weighted by atomic mass is 10.1. The van der Waals surface area contributed by atoms with E-state index >= 15 is 0 Å². The number of pyridine rings is 1. The summed E-state index contributed by atoms with van der Waals surface area (Å²) >= 11 is 0. The van der Waals surface area contributed by atoms with E-state index in [4.69, 9.17) is 5.26 Å². The molecule has 0 saturated heterocycles. The van der Waals surface area contributed by atoms with Crippen LogP contribution in [0.5, 0.6) is 0 Å². The third kappa shape index (κ3) is 4.03. The fourth-order valence-corrected chi connectivity index (χ4v) is 3.53. The van der Waals surface area contributed by atoms with Crippen LogP contribution in [0.25, 0.3) is 22.2 Å². The van der Waals surface area contributed by atoms with Crippen molar-refractivity contribution in [1.29, 1.82) is 5.26 Å². The van der Waals surface area contributed by atoms with E-state index in [1.807, 2.05) is 49.4 Å². The van der Waals surface area contributed by atoms with E-state index in [9.17, 15) is 0 Å². The highest BCUT2D eigenvalue weighted by atomic mass is 15.0. The third-order valence-electron chi connectivity index (χ3n) is 5.20. The lowest BCUT2D eigenvalue weighted by molar-refractivity contribution is 1.16. The summed E-state index contributed by atoms with van der Waals surface area (Å²) in [5, 5.41) is 16.7. The highest BCUT2D eigenvalue weighted by Gasteiger charge is 2.14. The van der Waals surface area contributed by atoms with Crippen LogP contribution in [0, 0.1) is 18.3 Å². The Balaban J connectivity index is 1.56. The fraction of sp³-hybridized carbons (Fsp3) is 0.0400. The summed E-state index contributed by atoms with van der Waals surface area (Å²) in [6.07, 6.45) is 6.49. The lowest BCUT2D eigenvalue weighted by Gasteiger charge is -2.16. The molecule has 8 nitrogen and oxygen atoms in total. The molecule has 3 aromatic heterocycles. The first-order valence-corrected chi connectivity index (χ1v) is 10.2. The Hall–Kier alpha value is -4.90. The predicted octanol–water partition coefficient (Wildman–Crippen LogP) is 5.15. The summed E-state index contributed by atoms with van der Waals surface area (Å²) in [5.74, 6) is 1.34. The highest BCUT2D eigenvalue weighted by molar-refractivity contribution is 6.00. The van der Waals surface area contributed by atoms with Crippen molar-refractivity contribution in [3.8, 4) is 17.3 Å². The Bertz CT molecular complexity index is 1470. The van der Waals surface area contributed by atoms with Crippen molar-refractivity contribution >= 4 is 33.9 Å². The van der Waals surface area contributed by atoms with Crippen LogP contribution in [-0.2, 0) is 0 Å². The molecule has 2 aromatic carbocycles. The summed E-state index contributed by atoms with van der Waals surface area (Å²) in [6, 6.07) is 19.0. The van der Waals surface area contributed by atoms with Gasteiger partial charge in [-0.15, -0.1) is 0 Å². The standard InChI is InChI=1S/C25H18N8/c1-16-4-9-20-23(30-15-31-25(20)32-18-7-5-17(13-26)6-8-18)22(16)33-24-19(3-2-11-28-24)21-10-12-27-14-29-21/h2-12,14-15H,1H3,(H,28,33)(H,30,31,32). The third-order valence-corrected chi connectivity index (χ3v) is 5.20. The van der Waals surface area contributed by atoms with Crippen LogP contribution in [0.15, 0.2) is 79.6 Å². The monoisotopic (exact) mass is 430 g/mol. The molecule has 8 heteroatoms. The number of nitrogens with one attached hydrogen (secondary N) is 2. The predicted molar refractivity (Wildman–Crippen MR) is 127 cm³/mol. The van der Waals surface area contributed by atoms with E-state index in [1.54, 1.807) is 24.5 Å². The molecule has 33 heavy (non-hydrogen) atoms. The maximum absolute atomic E-state index is 9.02. The number of benzene rings is 2. The van der Waals surface area contributed by atoms with Gasteiger partial charge >= 0.3 is 0 Å². The van der Waals surface area contributed by atoms with Crippen LogP contribution in [-0.4, -0.2) is 24.9 Å². The van der Waals surface area contributed by atoms with Gasteiger partial charge in [-0.1, -0.05) is 6.07 Å². The molecule has 0 aliphatic rings. The summed E-state index contributed by atoms with van der Waals surface area (Å²) in [6.45, 7) is 2.02. The van der Waals surface area contributed by atoms with Crippen molar-refractivity contribution in [3.05, 3.63) is 90.8 Å². The second kappa shape index (κ2) is 8.69.